The van der Waals surface area contributed by atoms with Crippen LogP contribution in [-0.4, -0.2) is 77.7 Å². The van der Waals surface area contributed by atoms with Crippen molar-refractivity contribution in [1.82, 2.24) is 14.7 Å². The lowest BCUT2D eigenvalue weighted by Crippen LogP contribution is -2.53. The van der Waals surface area contributed by atoms with Crippen molar-refractivity contribution in [3.63, 3.8) is 0 Å². The summed E-state index contributed by atoms with van der Waals surface area (Å²) in [6, 6.07) is 5.20. The van der Waals surface area contributed by atoms with Crippen molar-refractivity contribution in [3.8, 4) is 5.75 Å². The molecule has 8 nitrogen and oxygen atoms in total. The van der Waals surface area contributed by atoms with Gasteiger partial charge in [0.1, 0.15) is 12.3 Å². The molecule has 2 saturated heterocycles. The zero-order valence-electron chi connectivity index (χ0n) is 15.6. The highest BCUT2D eigenvalue weighted by atomic mass is 35.5. The van der Waals surface area contributed by atoms with Crippen LogP contribution in [0.5, 0.6) is 5.75 Å². The lowest BCUT2D eigenvalue weighted by Gasteiger charge is -2.35. The third kappa shape index (κ3) is 4.62. The third-order valence-electron chi connectivity index (χ3n) is 4.93. The minimum atomic E-state index is -0.304. The van der Waals surface area contributed by atoms with Crippen molar-refractivity contribution in [3.05, 3.63) is 28.8 Å². The molecule has 0 aliphatic carbocycles. The van der Waals surface area contributed by atoms with Gasteiger partial charge < -0.3 is 14.5 Å². The van der Waals surface area contributed by atoms with E-state index in [1.54, 1.807) is 28.0 Å². The number of imide groups is 1. The fourth-order valence-electron chi connectivity index (χ4n) is 3.18. The van der Waals surface area contributed by atoms with E-state index in [0.29, 0.717) is 37.0 Å². The summed E-state index contributed by atoms with van der Waals surface area (Å²) in [5.41, 5.74) is 0.869. The number of halogens is 1. The van der Waals surface area contributed by atoms with E-state index in [9.17, 15) is 19.2 Å². The average molecular weight is 408 g/mol. The Kier molecular flexibility index (Phi) is 6.18. The monoisotopic (exact) mass is 407 g/mol. The van der Waals surface area contributed by atoms with Gasteiger partial charge in [0.05, 0.1) is 0 Å². The minimum absolute atomic E-state index is 0.0915. The second kappa shape index (κ2) is 8.60. The van der Waals surface area contributed by atoms with Gasteiger partial charge >= 0.3 is 0 Å². The first kappa shape index (κ1) is 20.1. The van der Waals surface area contributed by atoms with Crippen LogP contribution in [0.1, 0.15) is 18.4 Å². The van der Waals surface area contributed by atoms with E-state index in [1.165, 1.54) is 0 Å². The lowest BCUT2D eigenvalue weighted by atomic mass is 10.2. The molecule has 1 aromatic rings. The maximum Gasteiger partial charge on any atom is 0.260 e. The number of benzene rings is 1. The van der Waals surface area contributed by atoms with Crippen molar-refractivity contribution >= 4 is 35.2 Å². The van der Waals surface area contributed by atoms with Gasteiger partial charge in [-0.25, -0.2) is 0 Å². The number of piperazine rings is 1. The molecule has 9 heteroatoms. The second-order valence-electron chi connectivity index (χ2n) is 6.83. The molecular weight excluding hydrogens is 386 g/mol. The maximum absolute atomic E-state index is 12.3. The van der Waals surface area contributed by atoms with E-state index in [-0.39, 0.29) is 49.6 Å². The first-order valence-electron chi connectivity index (χ1n) is 9.13. The number of ether oxygens (including phenoxy) is 1. The normalized spacial score (nSPS) is 17.3. The van der Waals surface area contributed by atoms with Gasteiger partial charge in [-0.3, -0.25) is 24.1 Å². The zero-order valence-corrected chi connectivity index (χ0v) is 16.4. The molecule has 0 atom stereocenters. The van der Waals surface area contributed by atoms with Gasteiger partial charge in [-0.1, -0.05) is 11.6 Å². The summed E-state index contributed by atoms with van der Waals surface area (Å²) in [6.07, 6.45) is 0.336. The van der Waals surface area contributed by atoms with Gasteiger partial charge in [-0.05, 0) is 30.7 Å². The predicted octanol–water partition coefficient (Wildman–Crippen LogP) is 0.847. The van der Waals surface area contributed by atoms with Crippen LogP contribution in [0.4, 0.5) is 0 Å². The Balaban J connectivity index is 1.44. The van der Waals surface area contributed by atoms with Gasteiger partial charge in [-0.15, -0.1) is 0 Å². The SMILES string of the molecule is Cc1cc(OCC(=O)N2CCN(C(=O)CN3C(=O)CCC3=O)CC2)ccc1Cl. The number of hydrogen-bond acceptors (Lipinski definition) is 5. The third-order valence-corrected chi connectivity index (χ3v) is 5.35. The predicted molar refractivity (Wildman–Crippen MR) is 101 cm³/mol. The van der Waals surface area contributed by atoms with Crippen molar-refractivity contribution in [2.45, 2.75) is 19.8 Å². The number of hydrogen-bond donors (Lipinski definition) is 0. The molecule has 3 rings (SSSR count). The molecule has 2 aliphatic heterocycles. The Hall–Kier alpha value is -2.61. The maximum atomic E-state index is 12.3. The molecule has 2 aliphatic rings. The molecule has 1 aromatic carbocycles. The van der Waals surface area contributed by atoms with Crippen molar-refractivity contribution in [2.24, 2.45) is 0 Å². The number of likely N-dealkylation sites (tertiary alicyclic amines) is 1. The van der Waals surface area contributed by atoms with Crippen molar-refractivity contribution in [1.29, 1.82) is 0 Å². The van der Waals surface area contributed by atoms with Gasteiger partial charge in [0.2, 0.25) is 17.7 Å². The van der Waals surface area contributed by atoms with E-state index in [4.69, 9.17) is 16.3 Å². The summed E-state index contributed by atoms with van der Waals surface area (Å²) in [5.74, 6) is -0.472. The topological polar surface area (TPSA) is 87.2 Å². The van der Waals surface area contributed by atoms with Crippen LogP contribution < -0.4 is 4.74 Å². The molecular formula is C19H22ClN3O5. The number of rotatable bonds is 5. The molecule has 0 spiro atoms. The fraction of sp³-hybridized carbons (Fsp3) is 0.474. The fourth-order valence-corrected chi connectivity index (χ4v) is 3.30. The first-order chi connectivity index (χ1) is 13.3. The Morgan fingerprint density at radius 2 is 1.57 bits per heavy atom. The molecule has 0 saturated carbocycles. The molecule has 28 heavy (non-hydrogen) atoms. The van der Waals surface area contributed by atoms with Crippen molar-refractivity contribution in [2.75, 3.05) is 39.3 Å². The number of nitrogens with zero attached hydrogens (tertiary/aromatic N) is 3. The summed E-state index contributed by atoms with van der Waals surface area (Å²) >= 11 is 5.97. The molecule has 150 valence electrons. The smallest absolute Gasteiger partial charge is 0.260 e. The van der Waals surface area contributed by atoms with E-state index < -0.39 is 0 Å². The summed E-state index contributed by atoms with van der Waals surface area (Å²) in [5, 5.41) is 0.636. The van der Waals surface area contributed by atoms with Crippen LogP contribution >= 0.6 is 11.6 Å². The quantitative estimate of drug-likeness (QED) is 0.675. The number of carbonyl (C=O) groups is 4. The minimum Gasteiger partial charge on any atom is -0.484 e. The van der Waals surface area contributed by atoms with E-state index in [0.717, 1.165) is 10.5 Å². The summed E-state index contributed by atoms with van der Waals surface area (Å²) in [6.45, 7) is 3.04. The number of carbonyl (C=O) groups excluding carboxylic acids is 4. The number of aryl methyl sites for hydroxylation is 1. The number of amides is 4. The first-order valence-corrected chi connectivity index (χ1v) is 9.50. The van der Waals surface area contributed by atoms with Crippen LogP contribution in [0.2, 0.25) is 5.02 Å². The van der Waals surface area contributed by atoms with Crippen LogP contribution in [0.3, 0.4) is 0 Å². The molecule has 2 heterocycles. The van der Waals surface area contributed by atoms with E-state index >= 15 is 0 Å². The van der Waals surface area contributed by atoms with E-state index in [1.807, 2.05) is 6.92 Å². The highest BCUT2D eigenvalue weighted by Gasteiger charge is 2.33. The van der Waals surface area contributed by atoms with Gasteiger partial charge in [0, 0.05) is 44.0 Å². The molecule has 2 fully saturated rings. The summed E-state index contributed by atoms with van der Waals surface area (Å²) < 4.78 is 5.53. The van der Waals surface area contributed by atoms with Gasteiger partial charge in [0.15, 0.2) is 6.61 Å². The average Bonchev–Trinajstić information content (AvgIpc) is 3.00. The molecule has 0 radical (unpaired) electrons. The van der Waals surface area contributed by atoms with Crippen LogP contribution in [0.25, 0.3) is 0 Å². The van der Waals surface area contributed by atoms with Crippen LogP contribution in [0.15, 0.2) is 18.2 Å². The lowest BCUT2D eigenvalue weighted by molar-refractivity contribution is -0.147. The Bertz CT molecular complexity index is 789. The molecule has 0 N–H and O–H groups in total. The Morgan fingerprint density at radius 1 is 1.00 bits per heavy atom. The van der Waals surface area contributed by atoms with Crippen LogP contribution in [0, 0.1) is 6.92 Å². The Morgan fingerprint density at radius 3 is 2.14 bits per heavy atom. The molecule has 4 amide bonds. The van der Waals surface area contributed by atoms with Gasteiger partial charge in [0.25, 0.3) is 5.91 Å². The highest BCUT2D eigenvalue weighted by Crippen LogP contribution is 2.21. The standard InChI is InChI=1S/C19H22ClN3O5/c1-13-10-14(2-3-15(13)20)28-12-19(27)22-8-6-21(7-9-22)18(26)11-23-16(24)4-5-17(23)25/h2-3,10H,4-9,11-12H2,1H3. The van der Waals surface area contributed by atoms with Crippen LogP contribution in [-0.2, 0) is 19.2 Å². The molecule has 0 bridgehead atoms. The molecule has 0 unspecified atom stereocenters. The zero-order chi connectivity index (χ0) is 20.3. The Labute approximate surface area is 168 Å². The molecule has 0 aromatic heterocycles. The van der Waals surface area contributed by atoms with Gasteiger partial charge in [-0.2, -0.15) is 0 Å². The van der Waals surface area contributed by atoms with E-state index in [2.05, 4.69) is 0 Å². The summed E-state index contributed by atoms with van der Waals surface area (Å²) in [4.78, 5) is 52.2. The highest BCUT2D eigenvalue weighted by molar-refractivity contribution is 6.31. The largest absolute Gasteiger partial charge is 0.484 e. The van der Waals surface area contributed by atoms with Crippen molar-refractivity contribution < 1.29 is 23.9 Å². The summed E-state index contributed by atoms with van der Waals surface area (Å²) in [7, 11) is 0. The second-order valence-corrected chi connectivity index (χ2v) is 7.24.